The standard InChI is InChI=1S/C17H17BrN6O/c1-10-8-12(18)4-5-13(10)21-14(25)9-20-15-17-23-22-16(11-2-3-11)24(17)7-6-19-15/h4-8,11H,2-3,9H2,1H3,(H,19,20)(H,21,25). The summed E-state index contributed by atoms with van der Waals surface area (Å²) in [6.07, 6.45) is 5.86. The van der Waals surface area contributed by atoms with E-state index in [-0.39, 0.29) is 12.5 Å². The van der Waals surface area contributed by atoms with Crippen molar-refractivity contribution in [3.8, 4) is 0 Å². The Labute approximate surface area is 153 Å². The van der Waals surface area contributed by atoms with Crippen molar-refractivity contribution < 1.29 is 4.79 Å². The topological polar surface area (TPSA) is 84.2 Å². The van der Waals surface area contributed by atoms with E-state index in [0.717, 1.165) is 34.4 Å². The maximum Gasteiger partial charge on any atom is 0.243 e. The summed E-state index contributed by atoms with van der Waals surface area (Å²) in [6.45, 7) is 2.06. The molecule has 2 heterocycles. The van der Waals surface area contributed by atoms with E-state index in [2.05, 4.69) is 41.7 Å². The van der Waals surface area contributed by atoms with E-state index < -0.39 is 0 Å². The summed E-state index contributed by atoms with van der Waals surface area (Å²) in [5.41, 5.74) is 2.44. The quantitative estimate of drug-likeness (QED) is 0.687. The monoisotopic (exact) mass is 400 g/mol. The lowest BCUT2D eigenvalue weighted by atomic mass is 10.2. The molecule has 0 saturated heterocycles. The van der Waals surface area contributed by atoms with Crippen molar-refractivity contribution in [1.29, 1.82) is 0 Å². The Bertz CT molecular complexity index is 949. The molecule has 128 valence electrons. The summed E-state index contributed by atoms with van der Waals surface area (Å²) in [7, 11) is 0. The normalized spacial score (nSPS) is 13.8. The zero-order chi connectivity index (χ0) is 17.4. The number of hydrogen-bond donors (Lipinski definition) is 2. The number of halogens is 1. The van der Waals surface area contributed by atoms with E-state index in [0.29, 0.717) is 17.4 Å². The number of nitrogens with zero attached hydrogens (tertiary/aromatic N) is 4. The van der Waals surface area contributed by atoms with E-state index in [1.165, 1.54) is 0 Å². The first kappa shape index (κ1) is 16.0. The Morgan fingerprint density at radius 1 is 1.36 bits per heavy atom. The zero-order valence-electron chi connectivity index (χ0n) is 13.7. The Balaban J connectivity index is 1.46. The molecule has 25 heavy (non-hydrogen) atoms. The first-order valence-electron chi connectivity index (χ1n) is 8.11. The summed E-state index contributed by atoms with van der Waals surface area (Å²) < 4.78 is 2.93. The third kappa shape index (κ3) is 3.34. The minimum atomic E-state index is -0.142. The molecule has 0 atom stereocenters. The number of aromatic nitrogens is 4. The van der Waals surface area contributed by atoms with Gasteiger partial charge in [0.15, 0.2) is 5.82 Å². The van der Waals surface area contributed by atoms with Gasteiger partial charge < -0.3 is 10.6 Å². The number of carbonyl (C=O) groups is 1. The number of fused-ring (bicyclic) bond motifs is 1. The highest BCUT2D eigenvalue weighted by Crippen LogP contribution is 2.39. The van der Waals surface area contributed by atoms with Gasteiger partial charge in [0.25, 0.3) is 0 Å². The van der Waals surface area contributed by atoms with Gasteiger partial charge in [-0.3, -0.25) is 9.20 Å². The van der Waals surface area contributed by atoms with Crippen LogP contribution < -0.4 is 10.6 Å². The van der Waals surface area contributed by atoms with Crippen LogP contribution in [-0.2, 0) is 4.79 Å². The van der Waals surface area contributed by atoms with Crippen LogP contribution in [0.4, 0.5) is 11.5 Å². The van der Waals surface area contributed by atoms with Crippen molar-refractivity contribution in [3.05, 3.63) is 46.5 Å². The number of benzene rings is 1. The molecule has 2 N–H and O–H groups in total. The molecule has 0 unspecified atom stereocenters. The molecule has 0 radical (unpaired) electrons. The van der Waals surface area contributed by atoms with Crippen LogP contribution in [-0.4, -0.2) is 32.0 Å². The van der Waals surface area contributed by atoms with Crippen molar-refractivity contribution in [2.24, 2.45) is 0 Å². The number of rotatable bonds is 5. The molecular formula is C17H17BrN6O. The minimum Gasteiger partial charge on any atom is -0.358 e. The Morgan fingerprint density at radius 2 is 2.20 bits per heavy atom. The second-order valence-electron chi connectivity index (χ2n) is 6.16. The van der Waals surface area contributed by atoms with Crippen LogP contribution in [0.1, 0.15) is 30.1 Å². The molecule has 1 aliphatic carbocycles. The van der Waals surface area contributed by atoms with Crippen LogP contribution in [0.15, 0.2) is 35.1 Å². The van der Waals surface area contributed by atoms with E-state index in [4.69, 9.17) is 0 Å². The molecule has 2 aromatic heterocycles. The maximum atomic E-state index is 12.2. The van der Waals surface area contributed by atoms with Crippen molar-refractivity contribution in [3.63, 3.8) is 0 Å². The van der Waals surface area contributed by atoms with E-state index in [9.17, 15) is 4.79 Å². The van der Waals surface area contributed by atoms with Gasteiger partial charge in [0.2, 0.25) is 11.6 Å². The van der Waals surface area contributed by atoms with E-state index in [1.54, 1.807) is 6.20 Å². The van der Waals surface area contributed by atoms with Crippen molar-refractivity contribution >= 4 is 39.0 Å². The minimum absolute atomic E-state index is 0.105. The van der Waals surface area contributed by atoms with Gasteiger partial charge in [-0.15, -0.1) is 10.2 Å². The van der Waals surface area contributed by atoms with Gasteiger partial charge in [0, 0.05) is 28.5 Å². The first-order valence-corrected chi connectivity index (χ1v) is 8.90. The second kappa shape index (κ2) is 6.44. The maximum absolute atomic E-state index is 12.2. The zero-order valence-corrected chi connectivity index (χ0v) is 15.2. The highest BCUT2D eigenvalue weighted by Gasteiger charge is 2.29. The number of hydrogen-bond acceptors (Lipinski definition) is 5. The lowest BCUT2D eigenvalue weighted by molar-refractivity contribution is -0.114. The van der Waals surface area contributed by atoms with Crippen molar-refractivity contribution in [2.75, 3.05) is 17.2 Å². The van der Waals surface area contributed by atoms with Gasteiger partial charge >= 0.3 is 0 Å². The van der Waals surface area contributed by atoms with Crippen LogP contribution in [0.2, 0.25) is 0 Å². The average Bonchev–Trinajstić information content (AvgIpc) is 3.34. The molecule has 0 bridgehead atoms. The van der Waals surface area contributed by atoms with Gasteiger partial charge in [-0.25, -0.2) is 4.98 Å². The molecule has 1 aromatic carbocycles. The highest BCUT2D eigenvalue weighted by molar-refractivity contribution is 9.10. The number of amides is 1. The predicted octanol–water partition coefficient (Wildman–Crippen LogP) is 3.12. The number of carbonyl (C=O) groups excluding carboxylic acids is 1. The summed E-state index contributed by atoms with van der Waals surface area (Å²) >= 11 is 3.41. The Kier molecular flexibility index (Phi) is 4.12. The second-order valence-corrected chi connectivity index (χ2v) is 7.08. The van der Waals surface area contributed by atoms with Crippen molar-refractivity contribution in [1.82, 2.24) is 19.6 Å². The summed E-state index contributed by atoms with van der Waals surface area (Å²) in [6, 6.07) is 5.73. The van der Waals surface area contributed by atoms with Crippen LogP contribution in [0.3, 0.4) is 0 Å². The Morgan fingerprint density at radius 3 is 2.96 bits per heavy atom. The van der Waals surface area contributed by atoms with Crippen LogP contribution >= 0.6 is 15.9 Å². The molecule has 1 fully saturated rings. The fourth-order valence-electron chi connectivity index (χ4n) is 2.71. The van der Waals surface area contributed by atoms with Gasteiger partial charge in [0.1, 0.15) is 5.82 Å². The molecule has 1 saturated carbocycles. The third-order valence-electron chi connectivity index (χ3n) is 4.17. The predicted molar refractivity (Wildman–Crippen MR) is 98.8 cm³/mol. The summed E-state index contributed by atoms with van der Waals surface area (Å²) in [5, 5.41) is 14.4. The molecule has 8 heteroatoms. The average molecular weight is 401 g/mol. The fourth-order valence-corrected chi connectivity index (χ4v) is 3.19. The molecule has 4 rings (SSSR count). The SMILES string of the molecule is Cc1cc(Br)ccc1NC(=O)CNc1nccn2c(C3CC3)nnc12. The lowest BCUT2D eigenvalue weighted by Crippen LogP contribution is -2.22. The molecule has 0 spiro atoms. The van der Waals surface area contributed by atoms with Crippen LogP contribution in [0, 0.1) is 6.92 Å². The summed E-state index contributed by atoms with van der Waals surface area (Å²) in [5.74, 6) is 1.88. The number of aryl methyl sites for hydroxylation is 1. The van der Waals surface area contributed by atoms with Gasteiger partial charge in [-0.2, -0.15) is 0 Å². The van der Waals surface area contributed by atoms with Gasteiger partial charge in [-0.1, -0.05) is 15.9 Å². The lowest BCUT2D eigenvalue weighted by Gasteiger charge is -2.10. The highest BCUT2D eigenvalue weighted by atomic mass is 79.9. The first-order chi connectivity index (χ1) is 12.1. The van der Waals surface area contributed by atoms with E-state index in [1.807, 2.05) is 35.7 Å². The van der Waals surface area contributed by atoms with Crippen LogP contribution in [0.5, 0.6) is 0 Å². The van der Waals surface area contributed by atoms with Crippen LogP contribution in [0.25, 0.3) is 5.65 Å². The largest absolute Gasteiger partial charge is 0.358 e. The van der Waals surface area contributed by atoms with Crippen molar-refractivity contribution in [2.45, 2.75) is 25.7 Å². The molecule has 1 amide bonds. The number of anilines is 2. The van der Waals surface area contributed by atoms with Gasteiger partial charge in [-0.05, 0) is 43.5 Å². The third-order valence-corrected chi connectivity index (χ3v) is 4.67. The molecule has 3 aromatic rings. The summed E-state index contributed by atoms with van der Waals surface area (Å²) in [4.78, 5) is 16.5. The van der Waals surface area contributed by atoms with E-state index >= 15 is 0 Å². The smallest absolute Gasteiger partial charge is 0.243 e. The Hall–Kier alpha value is -2.48. The van der Waals surface area contributed by atoms with Gasteiger partial charge in [0.05, 0.1) is 6.54 Å². The molecule has 0 aliphatic heterocycles. The molecular weight excluding hydrogens is 384 g/mol. The molecule has 7 nitrogen and oxygen atoms in total. The molecule has 1 aliphatic rings. The fraction of sp³-hybridized carbons (Fsp3) is 0.294. The number of nitrogens with one attached hydrogen (secondary N) is 2.